The lowest BCUT2D eigenvalue weighted by Gasteiger charge is -2.05. The summed E-state index contributed by atoms with van der Waals surface area (Å²) < 4.78 is 14.4. The molecule has 5 nitrogen and oxygen atoms in total. The molecule has 2 aromatic rings. The molecule has 1 aromatic carbocycles. The van der Waals surface area contributed by atoms with E-state index in [1.807, 2.05) is 0 Å². The van der Waals surface area contributed by atoms with Crippen molar-refractivity contribution >= 4 is 5.91 Å². The summed E-state index contributed by atoms with van der Waals surface area (Å²) in [4.78, 5) is 11.7. The predicted octanol–water partition coefficient (Wildman–Crippen LogP) is 1.19. The number of phenols is 1. The van der Waals surface area contributed by atoms with Gasteiger partial charge in [0.2, 0.25) is 0 Å². The van der Waals surface area contributed by atoms with Crippen LogP contribution in [0.25, 0.3) is 0 Å². The van der Waals surface area contributed by atoms with Crippen molar-refractivity contribution in [3.05, 3.63) is 47.5 Å². The van der Waals surface area contributed by atoms with Gasteiger partial charge in [0.15, 0.2) is 0 Å². The second-order valence-corrected chi connectivity index (χ2v) is 3.82. The van der Waals surface area contributed by atoms with Gasteiger partial charge in [-0.25, -0.2) is 4.39 Å². The zero-order valence-corrected chi connectivity index (χ0v) is 9.72. The topological polar surface area (TPSA) is 67.2 Å². The van der Waals surface area contributed by atoms with Gasteiger partial charge in [-0.1, -0.05) is 0 Å². The van der Waals surface area contributed by atoms with Crippen molar-refractivity contribution in [2.75, 3.05) is 0 Å². The molecule has 1 aromatic heterocycles. The largest absolute Gasteiger partial charge is 0.507 e. The van der Waals surface area contributed by atoms with Crippen LogP contribution in [-0.2, 0) is 13.6 Å². The molecule has 0 bridgehead atoms. The van der Waals surface area contributed by atoms with Crippen molar-refractivity contribution in [2.24, 2.45) is 7.05 Å². The Morgan fingerprint density at radius 1 is 1.50 bits per heavy atom. The first-order chi connectivity index (χ1) is 8.56. The summed E-state index contributed by atoms with van der Waals surface area (Å²) in [6.45, 7) is 0.247. The average Bonchev–Trinajstić information content (AvgIpc) is 2.72. The number of carbonyl (C=O) groups excluding carboxylic acids is 1. The van der Waals surface area contributed by atoms with Crippen molar-refractivity contribution in [3.8, 4) is 5.75 Å². The van der Waals surface area contributed by atoms with Gasteiger partial charge in [-0.3, -0.25) is 9.48 Å². The molecule has 94 valence electrons. The normalized spacial score (nSPS) is 10.3. The Labute approximate surface area is 103 Å². The van der Waals surface area contributed by atoms with Gasteiger partial charge in [0.1, 0.15) is 11.6 Å². The number of aromatic hydroxyl groups is 1. The lowest BCUT2D eigenvalue weighted by Crippen LogP contribution is -2.23. The third-order valence-electron chi connectivity index (χ3n) is 2.40. The van der Waals surface area contributed by atoms with E-state index in [2.05, 4.69) is 10.4 Å². The molecule has 2 N–H and O–H groups in total. The molecule has 18 heavy (non-hydrogen) atoms. The van der Waals surface area contributed by atoms with Crippen LogP contribution in [0.15, 0.2) is 30.5 Å². The molecule has 2 rings (SSSR count). The number of amides is 1. The van der Waals surface area contributed by atoms with Crippen molar-refractivity contribution in [2.45, 2.75) is 6.54 Å². The predicted molar refractivity (Wildman–Crippen MR) is 62.4 cm³/mol. The van der Waals surface area contributed by atoms with Crippen LogP contribution in [0.5, 0.6) is 5.75 Å². The first kappa shape index (κ1) is 12.1. The first-order valence-corrected chi connectivity index (χ1v) is 5.31. The lowest BCUT2D eigenvalue weighted by molar-refractivity contribution is 0.0947. The van der Waals surface area contributed by atoms with Crippen LogP contribution in [0.1, 0.15) is 16.1 Å². The number of halogens is 1. The number of rotatable bonds is 3. The summed E-state index contributed by atoms with van der Waals surface area (Å²) in [5.74, 6) is -1.44. The van der Waals surface area contributed by atoms with Gasteiger partial charge in [-0.15, -0.1) is 0 Å². The third kappa shape index (κ3) is 2.65. The van der Waals surface area contributed by atoms with E-state index < -0.39 is 11.7 Å². The van der Waals surface area contributed by atoms with Crippen molar-refractivity contribution < 1.29 is 14.3 Å². The Kier molecular flexibility index (Phi) is 3.27. The maximum absolute atomic E-state index is 12.8. The fraction of sp³-hybridized carbons (Fsp3) is 0.167. The molecule has 0 radical (unpaired) electrons. The van der Waals surface area contributed by atoms with Gasteiger partial charge in [-0.2, -0.15) is 5.10 Å². The molecule has 0 saturated heterocycles. The number of hydrogen-bond acceptors (Lipinski definition) is 3. The van der Waals surface area contributed by atoms with E-state index in [9.17, 15) is 14.3 Å². The maximum Gasteiger partial charge on any atom is 0.255 e. The maximum atomic E-state index is 12.8. The fourth-order valence-corrected chi connectivity index (χ4v) is 1.52. The lowest BCUT2D eigenvalue weighted by atomic mass is 10.2. The van der Waals surface area contributed by atoms with Crippen LogP contribution in [0.2, 0.25) is 0 Å². The zero-order chi connectivity index (χ0) is 13.1. The first-order valence-electron chi connectivity index (χ1n) is 5.31. The highest BCUT2D eigenvalue weighted by Gasteiger charge is 2.11. The highest BCUT2D eigenvalue weighted by Crippen LogP contribution is 2.17. The van der Waals surface area contributed by atoms with E-state index in [1.165, 1.54) is 6.07 Å². The molecular formula is C12H12FN3O2. The number of carbonyl (C=O) groups is 1. The highest BCUT2D eigenvalue weighted by molar-refractivity contribution is 5.96. The van der Waals surface area contributed by atoms with Gasteiger partial charge in [-0.05, 0) is 18.2 Å². The number of aromatic nitrogens is 2. The Bertz CT molecular complexity index is 580. The van der Waals surface area contributed by atoms with E-state index in [0.29, 0.717) is 5.69 Å². The molecular weight excluding hydrogens is 237 g/mol. The monoisotopic (exact) mass is 249 g/mol. The molecule has 0 saturated carbocycles. The molecule has 0 atom stereocenters. The van der Waals surface area contributed by atoms with Crippen molar-refractivity contribution in [3.63, 3.8) is 0 Å². The zero-order valence-electron chi connectivity index (χ0n) is 9.72. The van der Waals surface area contributed by atoms with Gasteiger partial charge in [0, 0.05) is 19.3 Å². The van der Waals surface area contributed by atoms with E-state index >= 15 is 0 Å². The third-order valence-corrected chi connectivity index (χ3v) is 2.40. The van der Waals surface area contributed by atoms with Gasteiger partial charge in [0.25, 0.3) is 5.91 Å². The number of nitrogens with one attached hydrogen (secondary N) is 1. The molecule has 0 aliphatic carbocycles. The number of phenolic OH excluding ortho intramolecular Hbond substituents is 1. The molecule has 0 aliphatic rings. The summed E-state index contributed by atoms with van der Waals surface area (Å²) in [6, 6.07) is 5.02. The van der Waals surface area contributed by atoms with E-state index in [1.54, 1.807) is 24.0 Å². The summed E-state index contributed by atoms with van der Waals surface area (Å²) >= 11 is 0. The Morgan fingerprint density at radius 2 is 2.28 bits per heavy atom. The van der Waals surface area contributed by atoms with Crippen LogP contribution in [0, 0.1) is 5.82 Å². The minimum Gasteiger partial charge on any atom is -0.507 e. The molecule has 1 heterocycles. The standard InChI is InChI=1S/C12H12FN3O2/c1-16-5-4-9(15-16)7-14-12(18)10-3-2-8(13)6-11(10)17/h2-6,17H,7H2,1H3,(H,14,18). The quantitative estimate of drug-likeness (QED) is 0.858. The fourth-order valence-electron chi connectivity index (χ4n) is 1.52. The van der Waals surface area contributed by atoms with Crippen LogP contribution in [0.4, 0.5) is 4.39 Å². The van der Waals surface area contributed by atoms with Gasteiger partial charge < -0.3 is 10.4 Å². The SMILES string of the molecule is Cn1ccc(CNC(=O)c2ccc(F)cc2O)n1. The number of nitrogens with zero attached hydrogens (tertiary/aromatic N) is 2. The minimum absolute atomic E-state index is 0.0346. The summed E-state index contributed by atoms with van der Waals surface area (Å²) in [5.41, 5.74) is 0.736. The van der Waals surface area contributed by atoms with Crippen molar-refractivity contribution in [1.82, 2.24) is 15.1 Å². The summed E-state index contributed by atoms with van der Waals surface area (Å²) in [7, 11) is 1.77. The average molecular weight is 249 g/mol. The number of aryl methyl sites for hydroxylation is 1. The molecule has 0 spiro atoms. The number of benzene rings is 1. The van der Waals surface area contributed by atoms with E-state index in [0.717, 1.165) is 12.1 Å². The smallest absolute Gasteiger partial charge is 0.255 e. The number of hydrogen-bond donors (Lipinski definition) is 2. The molecule has 0 unspecified atom stereocenters. The Balaban J connectivity index is 2.03. The summed E-state index contributed by atoms with van der Waals surface area (Å²) in [5, 5.41) is 16.1. The van der Waals surface area contributed by atoms with Crippen LogP contribution >= 0.6 is 0 Å². The molecule has 0 aliphatic heterocycles. The second-order valence-electron chi connectivity index (χ2n) is 3.82. The molecule has 6 heteroatoms. The van der Waals surface area contributed by atoms with Crippen LogP contribution < -0.4 is 5.32 Å². The Morgan fingerprint density at radius 3 is 2.89 bits per heavy atom. The van der Waals surface area contributed by atoms with E-state index in [4.69, 9.17) is 0 Å². The van der Waals surface area contributed by atoms with Crippen LogP contribution in [-0.4, -0.2) is 20.8 Å². The Hall–Kier alpha value is -2.37. The van der Waals surface area contributed by atoms with Crippen molar-refractivity contribution in [1.29, 1.82) is 0 Å². The van der Waals surface area contributed by atoms with Gasteiger partial charge in [0.05, 0.1) is 17.8 Å². The van der Waals surface area contributed by atoms with Gasteiger partial charge >= 0.3 is 0 Å². The van der Waals surface area contributed by atoms with Crippen LogP contribution in [0.3, 0.4) is 0 Å². The van der Waals surface area contributed by atoms with E-state index in [-0.39, 0.29) is 17.9 Å². The second kappa shape index (κ2) is 4.87. The minimum atomic E-state index is -0.589. The summed E-state index contributed by atoms with van der Waals surface area (Å²) in [6.07, 6.45) is 1.76. The molecule has 0 fully saturated rings. The molecule has 1 amide bonds. The highest BCUT2D eigenvalue weighted by atomic mass is 19.1.